The van der Waals surface area contributed by atoms with Crippen LogP contribution in [0, 0.1) is 12.8 Å². The number of nitrogens with zero attached hydrogens (tertiary/aromatic N) is 1. The lowest BCUT2D eigenvalue weighted by Gasteiger charge is -2.29. The van der Waals surface area contributed by atoms with Gasteiger partial charge in [-0.2, -0.15) is 0 Å². The molecular formula is C25H27N3O. The summed E-state index contributed by atoms with van der Waals surface area (Å²) in [6.45, 7) is 3.63. The first-order valence-electron chi connectivity index (χ1n) is 10.1. The van der Waals surface area contributed by atoms with Gasteiger partial charge in [-0.3, -0.25) is 4.99 Å². The Balaban J connectivity index is 1.52. The number of hydrogen-bond donors (Lipinski definition) is 3. The molecule has 3 N–H and O–H groups in total. The Labute approximate surface area is 172 Å². The molecule has 1 aliphatic carbocycles. The van der Waals surface area contributed by atoms with E-state index in [-0.39, 0.29) is 18.6 Å². The average Bonchev–Trinajstić information content (AvgIpc) is 2.76. The first-order valence-corrected chi connectivity index (χ1v) is 10.1. The molecule has 0 bridgehead atoms. The minimum Gasteiger partial charge on any atom is -0.395 e. The maximum atomic E-state index is 8.93. The van der Waals surface area contributed by atoms with Crippen LogP contribution >= 0.6 is 0 Å². The van der Waals surface area contributed by atoms with E-state index in [1.807, 2.05) is 12.3 Å². The molecule has 2 unspecified atom stereocenters. The van der Waals surface area contributed by atoms with Gasteiger partial charge in [0.05, 0.1) is 12.6 Å². The van der Waals surface area contributed by atoms with Crippen molar-refractivity contribution in [2.24, 2.45) is 10.9 Å². The van der Waals surface area contributed by atoms with Gasteiger partial charge in [0.15, 0.2) is 0 Å². The van der Waals surface area contributed by atoms with E-state index in [0.717, 1.165) is 23.5 Å². The topological polar surface area (TPSA) is 56.6 Å². The molecule has 0 saturated heterocycles. The number of aliphatic hydroxyl groups excluding tert-OH is 1. The molecule has 0 spiro atoms. The molecule has 4 nitrogen and oxygen atoms in total. The van der Waals surface area contributed by atoms with E-state index in [0.29, 0.717) is 6.54 Å². The second-order valence-corrected chi connectivity index (χ2v) is 7.42. The van der Waals surface area contributed by atoms with E-state index in [1.54, 1.807) is 0 Å². The van der Waals surface area contributed by atoms with Crippen LogP contribution in [0.4, 0.5) is 5.69 Å². The van der Waals surface area contributed by atoms with Crippen molar-refractivity contribution in [3.63, 3.8) is 0 Å². The minimum absolute atomic E-state index is 0.0707. The molecule has 0 amide bonds. The van der Waals surface area contributed by atoms with Gasteiger partial charge in [-0.05, 0) is 41.3 Å². The van der Waals surface area contributed by atoms with Crippen LogP contribution in [0.25, 0.3) is 11.1 Å². The summed E-state index contributed by atoms with van der Waals surface area (Å²) in [5.41, 5.74) is 7.08. The van der Waals surface area contributed by atoms with Crippen LogP contribution in [0.15, 0.2) is 89.1 Å². The van der Waals surface area contributed by atoms with E-state index >= 15 is 0 Å². The Kier molecular flexibility index (Phi) is 6.03. The maximum absolute atomic E-state index is 8.93. The molecule has 0 fully saturated rings. The molecule has 0 aromatic heterocycles. The zero-order valence-corrected chi connectivity index (χ0v) is 16.7. The van der Waals surface area contributed by atoms with Gasteiger partial charge in [0.1, 0.15) is 0 Å². The van der Waals surface area contributed by atoms with Crippen LogP contribution in [-0.2, 0) is 0 Å². The molecule has 0 radical (unpaired) electrons. The van der Waals surface area contributed by atoms with Gasteiger partial charge >= 0.3 is 0 Å². The molecule has 1 heterocycles. The van der Waals surface area contributed by atoms with Gasteiger partial charge in [0.25, 0.3) is 0 Å². The van der Waals surface area contributed by atoms with Gasteiger partial charge in [-0.1, -0.05) is 60.7 Å². The highest BCUT2D eigenvalue weighted by Crippen LogP contribution is 2.32. The second-order valence-electron chi connectivity index (χ2n) is 7.42. The first-order chi connectivity index (χ1) is 14.3. The fourth-order valence-electron chi connectivity index (χ4n) is 3.88. The van der Waals surface area contributed by atoms with Gasteiger partial charge in [-0.25, -0.2) is 0 Å². The molecule has 2 aliphatic rings. The number of benzene rings is 2. The zero-order chi connectivity index (χ0) is 20.1. The summed E-state index contributed by atoms with van der Waals surface area (Å²) in [6, 6.07) is 16.9. The van der Waals surface area contributed by atoms with E-state index in [2.05, 4.69) is 84.3 Å². The number of anilines is 1. The Morgan fingerprint density at radius 3 is 2.76 bits per heavy atom. The lowest BCUT2D eigenvalue weighted by atomic mass is 9.88. The summed E-state index contributed by atoms with van der Waals surface area (Å²) in [5, 5.41) is 15.8. The SMILES string of the molecule is Cc1c(NC2=CC=CC3C=C(CNCCO)C=NC23)cccc1-c1ccccc1. The molecule has 4 heteroatoms. The Morgan fingerprint density at radius 1 is 1.07 bits per heavy atom. The van der Waals surface area contributed by atoms with E-state index < -0.39 is 0 Å². The van der Waals surface area contributed by atoms with Crippen molar-refractivity contribution in [1.29, 1.82) is 0 Å². The summed E-state index contributed by atoms with van der Waals surface area (Å²) in [5.74, 6) is 0.246. The molecule has 2 atom stereocenters. The number of fused-ring (bicyclic) bond motifs is 1. The summed E-state index contributed by atoms with van der Waals surface area (Å²) in [7, 11) is 0. The number of rotatable bonds is 7. The quantitative estimate of drug-likeness (QED) is 0.629. The van der Waals surface area contributed by atoms with Crippen molar-refractivity contribution in [3.05, 3.63) is 89.7 Å². The third kappa shape index (κ3) is 4.39. The lowest BCUT2D eigenvalue weighted by Crippen LogP contribution is -2.30. The highest BCUT2D eigenvalue weighted by molar-refractivity contribution is 5.81. The smallest absolute Gasteiger partial charge is 0.0994 e. The third-order valence-corrected chi connectivity index (χ3v) is 5.42. The van der Waals surface area contributed by atoms with Crippen LogP contribution in [-0.4, -0.2) is 37.1 Å². The highest BCUT2D eigenvalue weighted by atomic mass is 16.3. The van der Waals surface area contributed by atoms with Crippen LogP contribution in [0.2, 0.25) is 0 Å². The predicted molar refractivity (Wildman–Crippen MR) is 121 cm³/mol. The molecule has 29 heavy (non-hydrogen) atoms. The minimum atomic E-state index is 0.0707. The second kappa shape index (κ2) is 9.03. The summed E-state index contributed by atoms with van der Waals surface area (Å²) in [4.78, 5) is 4.82. The van der Waals surface area contributed by atoms with E-state index in [1.165, 1.54) is 16.7 Å². The Hall–Kier alpha value is -2.95. The standard InChI is InChI=1S/C25H27N3O/c1-18-22(20-7-3-2-4-8-20)10-6-11-23(18)28-24-12-5-9-21-15-19(16-26-13-14-29)17-27-25(21)24/h2-12,15,17,21,25-26,28-29H,13-14,16H2,1H3. The highest BCUT2D eigenvalue weighted by Gasteiger charge is 2.26. The normalized spacial score (nSPS) is 20.1. The number of dihydropyridines is 1. The fourth-order valence-corrected chi connectivity index (χ4v) is 3.88. The maximum Gasteiger partial charge on any atom is 0.0994 e. The van der Waals surface area contributed by atoms with Crippen LogP contribution in [0.3, 0.4) is 0 Å². The average molecular weight is 386 g/mol. The monoisotopic (exact) mass is 385 g/mol. The first kappa shape index (κ1) is 19.4. The number of aliphatic imine (C=N–C) groups is 1. The molecule has 2 aromatic carbocycles. The van der Waals surface area contributed by atoms with Crippen molar-refractivity contribution < 1.29 is 5.11 Å². The van der Waals surface area contributed by atoms with Gasteiger partial charge in [0.2, 0.25) is 0 Å². The predicted octanol–water partition coefficient (Wildman–Crippen LogP) is 4.11. The van der Waals surface area contributed by atoms with Crippen LogP contribution in [0.1, 0.15) is 5.56 Å². The zero-order valence-electron chi connectivity index (χ0n) is 16.7. The fraction of sp³-hybridized carbons (Fsp3) is 0.240. The van der Waals surface area contributed by atoms with Gasteiger partial charge in [0, 0.05) is 36.6 Å². The number of aliphatic hydroxyl groups is 1. The van der Waals surface area contributed by atoms with Crippen molar-refractivity contribution in [3.8, 4) is 11.1 Å². The summed E-state index contributed by atoms with van der Waals surface area (Å²) < 4.78 is 0. The molecule has 148 valence electrons. The molecule has 2 aromatic rings. The lowest BCUT2D eigenvalue weighted by molar-refractivity contribution is 0.294. The Morgan fingerprint density at radius 2 is 1.93 bits per heavy atom. The van der Waals surface area contributed by atoms with Gasteiger partial charge in [-0.15, -0.1) is 0 Å². The van der Waals surface area contributed by atoms with Crippen molar-refractivity contribution >= 4 is 11.9 Å². The summed E-state index contributed by atoms with van der Waals surface area (Å²) >= 11 is 0. The molecule has 1 aliphatic heterocycles. The number of hydrogen-bond acceptors (Lipinski definition) is 4. The molecular weight excluding hydrogens is 358 g/mol. The largest absolute Gasteiger partial charge is 0.395 e. The van der Waals surface area contributed by atoms with Gasteiger partial charge < -0.3 is 15.7 Å². The van der Waals surface area contributed by atoms with Crippen molar-refractivity contribution in [2.75, 3.05) is 25.0 Å². The molecule has 4 rings (SSSR count). The van der Waals surface area contributed by atoms with Crippen LogP contribution in [0.5, 0.6) is 0 Å². The van der Waals surface area contributed by atoms with E-state index in [9.17, 15) is 0 Å². The summed E-state index contributed by atoms with van der Waals surface area (Å²) in [6.07, 6.45) is 10.6. The van der Waals surface area contributed by atoms with Crippen molar-refractivity contribution in [2.45, 2.75) is 13.0 Å². The Bertz CT molecular complexity index is 973. The third-order valence-electron chi connectivity index (χ3n) is 5.42. The van der Waals surface area contributed by atoms with Crippen molar-refractivity contribution in [1.82, 2.24) is 5.32 Å². The molecule has 0 saturated carbocycles. The number of allylic oxidation sites excluding steroid dienone is 2. The number of nitrogens with one attached hydrogen (secondary N) is 2. The van der Waals surface area contributed by atoms with E-state index in [4.69, 9.17) is 10.1 Å². The van der Waals surface area contributed by atoms with Crippen LogP contribution < -0.4 is 10.6 Å².